The van der Waals surface area contributed by atoms with Crippen molar-refractivity contribution in [1.82, 2.24) is 9.38 Å². The molecule has 0 fully saturated rings. The summed E-state index contributed by atoms with van der Waals surface area (Å²) in [5.74, 6) is -0.554. The van der Waals surface area contributed by atoms with Crippen LogP contribution in [0.25, 0.3) is 26.4 Å². The molecular formula is C35H31N3O2S. The van der Waals surface area contributed by atoms with Crippen LogP contribution >= 0.6 is 11.3 Å². The number of nitrogens with zero attached hydrogens (tertiary/aromatic N) is 2. The van der Waals surface area contributed by atoms with Crippen molar-refractivity contribution < 1.29 is 9.59 Å². The van der Waals surface area contributed by atoms with E-state index in [2.05, 4.69) is 34.1 Å². The second-order valence-corrected chi connectivity index (χ2v) is 11.7. The van der Waals surface area contributed by atoms with Crippen molar-refractivity contribution in [3.63, 3.8) is 0 Å². The number of aromatic nitrogens is 2. The van der Waals surface area contributed by atoms with Gasteiger partial charge in [-0.3, -0.25) is 14.0 Å². The van der Waals surface area contributed by atoms with Crippen molar-refractivity contribution in [2.75, 3.05) is 5.32 Å². The first-order valence-corrected chi connectivity index (χ1v) is 14.6. The molecule has 2 aromatic heterocycles. The Morgan fingerprint density at radius 2 is 1.56 bits per heavy atom. The molecule has 1 amide bonds. The number of para-hydroxylation sites is 1. The quantitative estimate of drug-likeness (QED) is 0.197. The van der Waals surface area contributed by atoms with Crippen LogP contribution in [0.5, 0.6) is 0 Å². The van der Waals surface area contributed by atoms with Crippen LogP contribution in [0.2, 0.25) is 0 Å². The van der Waals surface area contributed by atoms with Crippen LogP contribution in [-0.2, 0) is 22.4 Å². The minimum absolute atomic E-state index is 0.0636. The third kappa shape index (κ3) is 6.13. The van der Waals surface area contributed by atoms with Gasteiger partial charge < -0.3 is 5.32 Å². The second-order valence-electron chi connectivity index (χ2n) is 10.7. The molecule has 0 radical (unpaired) electrons. The number of amides is 1. The van der Waals surface area contributed by atoms with E-state index in [1.54, 1.807) is 11.3 Å². The predicted molar refractivity (Wildman–Crippen MR) is 168 cm³/mol. The number of rotatable bonds is 9. The Morgan fingerprint density at radius 1 is 0.854 bits per heavy atom. The van der Waals surface area contributed by atoms with E-state index in [4.69, 9.17) is 4.98 Å². The minimum Gasteiger partial charge on any atom is -0.326 e. The lowest BCUT2D eigenvalue weighted by atomic mass is 9.91. The largest absolute Gasteiger partial charge is 0.326 e. The van der Waals surface area contributed by atoms with E-state index in [1.165, 1.54) is 4.70 Å². The molecule has 204 valence electrons. The molecule has 1 N–H and O–H groups in total. The summed E-state index contributed by atoms with van der Waals surface area (Å²) < 4.78 is 3.33. The summed E-state index contributed by atoms with van der Waals surface area (Å²) in [5, 5.41) is 3.06. The SMILES string of the molecule is Cc1cc(C)cc(CC(=O)C[C@@H](Cc2ccccc2)C(=O)Nc2ccc(-c3cn4c(n3)sc3ccccc34)cc2)c1. The van der Waals surface area contributed by atoms with Gasteiger partial charge in [0.2, 0.25) is 5.91 Å². The number of anilines is 1. The third-order valence-corrected chi connectivity index (χ3v) is 8.34. The maximum Gasteiger partial charge on any atom is 0.228 e. The van der Waals surface area contributed by atoms with Gasteiger partial charge in [-0.1, -0.05) is 95.3 Å². The molecule has 0 bridgehead atoms. The highest BCUT2D eigenvalue weighted by molar-refractivity contribution is 7.23. The first-order valence-electron chi connectivity index (χ1n) is 13.8. The van der Waals surface area contributed by atoms with Crippen molar-refractivity contribution in [3.8, 4) is 11.3 Å². The van der Waals surface area contributed by atoms with Gasteiger partial charge in [-0.05, 0) is 55.7 Å². The van der Waals surface area contributed by atoms with Crippen molar-refractivity contribution >= 4 is 43.9 Å². The molecule has 5 nitrogen and oxygen atoms in total. The third-order valence-electron chi connectivity index (χ3n) is 7.30. The number of hydrogen-bond acceptors (Lipinski definition) is 4. The Morgan fingerprint density at radius 3 is 2.32 bits per heavy atom. The van der Waals surface area contributed by atoms with Crippen molar-refractivity contribution in [2.24, 2.45) is 5.92 Å². The standard InChI is InChI=1S/C35H31N3O2S/c1-23-16-24(2)18-26(17-23)20-30(39)21-28(19-25-8-4-3-5-9-25)34(40)36-29-14-12-27(13-15-29)31-22-38-32-10-6-7-11-33(32)41-35(38)37-31/h3-18,22,28H,19-21H2,1-2H3,(H,36,40)/t28-/m1/s1. The van der Waals surface area contributed by atoms with E-state index in [0.717, 1.165) is 44.0 Å². The molecule has 0 aliphatic carbocycles. The second kappa shape index (κ2) is 11.5. The highest BCUT2D eigenvalue weighted by Crippen LogP contribution is 2.30. The molecule has 0 unspecified atom stereocenters. The molecule has 41 heavy (non-hydrogen) atoms. The summed E-state index contributed by atoms with van der Waals surface area (Å²) in [6.45, 7) is 4.07. The minimum atomic E-state index is -0.469. The van der Waals surface area contributed by atoms with E-state index in [-0.39, 0.29) is 18.1 Å². The van der Waals surface area contributed by atoms with Crippen molar-refractivity contribution in [1.29, 1.82) is 0 Å². The molecular weight excluding hydrogens is 526 g/mol. The predicted octanol–water partition coefficient (Wildman–Crippen LogP) is 7.83. The summed E-state index contributed by atoms with van der Waals surface area (Å²) in [5.41, 5.74) is 8.02. The molecule has 6 heteroatoms. The number of thiazole rings is 1. The average molecular weight is 558 g/mol. The summed E-state index contributed by atoms with van der Waals surface area (Å²) in [7, 11) is 0. The fourth-order valence-electron chi connectivity index (χ4n) is 5.46. The molecule has 0 spiro atoms. The van der Waals surface area contributed by atoms with Gasteiger partial charge in [0.25, 0.3) is 0 Å². The van der Waals surface area contributed by atoms with Crippen LogP contribution in [0.15, 0.2) is 103 Å². The van der Waals surface area contributed by atoms with Gasteiger partial charge in [0.1, 0.15) is 5.78 Å². The fraction of sp³-hybridized carbons (Fsp3) is 0.171. The summed E-state index contributed by atoms with van der Waals surface area (Å²) in [6.07, 6.45) is 3.07. The number of imidazole rings is 1. The smallest absolute Gasteiger partial charge is 0.228 e. The number of benzene rings is 4. The van der Waals surface area contributed by atoms with E-state index in [1.807, 2.05) is 92.7 Å². The summed E-state index contributed by atoms with van der Waals surface area (Å²) in [6, 6.07) is 32.1. The van der Waals surface area contributed by atoms with Crippen LogP contribution in [0.1, 0.15) is 28.7 Å². The van der Waals surface area contributed by atoms with Gasteiger partial charge in [-0.25, -0.2) is 4.98 Å². The number of fused-ring (bicyclic) bond motifs is 3. The zero-order chi connectivity index (χ0) is 28.3. The molecule has 6 aromatic rings. The maximum atomic E-state index is 13.5. The van der Waals surface area contributed by atoms with E-state index < -0.39 is 5.92 Å². The molecule has 0 aliphatic heterocycles. The fourth-order valence-corrected chi connectivity index (χ4v) is 6.47. The Hall–Kier alpha value is -4.55. The first-order chi connectivity index (χ1) is 19.9. The number of nitrogens with one attached hydrogen (secondary N) is 1. The van der Waals surface area contributed by atoms with Gasteiger partial charge in [0.15, 0.2) is 4.96 Å². The van der Waals surface area contributed by atoms with E-state index >= 15 is 0 Å². The van der Waals surface area contributed by atoms with Gasteiger partial charge in [-0.2, -0.15) is 0 Å². The molecule has 0 saturated heterocycles. The monoisotopic (exact) mass is 557 g/mol. The Labute approximate surface area is 243 Å². The molecule has 0 saturated carbocycles. The number of hydrogen-bond donors (Lipinski definition) is 1. The Balaban J connectivity index is 1.17. The molecule has 0 aliphatic rings. The van der Waals surface area contributed by atoms with Crippen LogP contribution in [0.3, 0.4) is 0 Å². The van der Waals surface area contributed by atoms with Gasteiger partial charge in [-0.15, -0.1) is 0 Å². The number of carbonyl (C=O) groups excluding carboxylic acids is 2. The zero-order valence-corrected chi connectivity index (χ0v) is 23.9. The molecule has 2 heterocycles. The molecule has 4 aromatic carbocycles. The number of aryl methyl sites for hydroxylation is 2. The lowest BCUT2D eigenvalue weighted by Crippen LogP contribution is -2.27. The van der Waals surface area contributed by atoms with Gasteiger partial charge >= 0.3 is 0 Å². The maximum absolute atomic E-state index is 13.5. The topological polar surface area (TPSA) is 63.5 Å². The number of carbonyl (C=O) groups is 2. The lowest BCUT2D eigenvalue weighted by molar-refractivity contribution is -0.125. The summed E-state index contributed by atoms with van der Waals surface area (Å²) in [4.78, 5) is 32.4. The van der Waals surface area contributed by atoms with Crippen LogP contribution in [-0.4, -0.2) is 21.1 Å². The van der Waals surface area contributed by atoms with Crippen LogP contribution < -0.4 is 5.32 Å². The Bertz CT molecular complexity index is 1830. The van der Waals surface area contributed by atoms with Crippen LogP contribution in [0.4, 0.5) is 5.69 Å². The average Bonchev–Trinajstić information content (AvgIpc) is 3.51. The number of Topliss-reactive ketones (excluding diaryl/α,β-unsaturated/α-hetero) is 1. The summed E-state index contributed by atoms with van der Waals surface area (Å²) >= 11 is 1.67. The van der Waals surface area contributed by atoms with Gasteiger partial charge in [0.05, 0.1) is 15.9 Å². The lowest BCUT2D eigenvalue weighted by Gasteiger charge is -2.17. The van der Waals surface area contributed by atoms with E-state index in [9.17, 15) is 9.59 Å². The van der Waals surface area contributed by atoms with Crippen molar-refractivity contribution in [3.05, 3.63) is 126 Å². The highest BCUT2D eigenvalue weighted by Gasteiger charge is 2.23. The molecule has 6 rings (SSSR count). The zero-order valence-electron chi connectivity index (χ0n) is 23.1. The van der Waals surface area contributed by atoms with Crippen LogP contribution in [0, 0.1) is 19.8 Å². The van der Waals surface area contributed by atoms with Crippen molar-refractivity contribution in [2.45, 2.75) is 33.1 Å². The van der Waals surface area contributed by atoms with E-state index in [0.29, 0.717) is 18.5 Å². The number of ketones is 1. The first kappa shape index (κ1) is 26.7. The highest BCUT2D eigenvalue weighted by atomic mass is 32.1. The molecule has 1 atom stereocenters. The normalized spacial score (nSPS) is 12.0. The van der Waals surface area contributed by atoms with Gasteiger partial charge in [0, 0.05) is 36.2 Å². The Kier molecular flexibility index (Phi) is 7.49.